The minimum atomic E-state index is -4.53. The first kappa shape index (κ1) is 30.4. The first-order valence-corrected chi connectivity index (χ1v) is 12.8. The van der Waals surface area contributed by atoms with Crippen LogP contribution >= 0.6 is 7.75 Å². The van der Waals surface area contributed by atoms with Crippen LogP contribution in [0.1, 0.15) is 33.9 Å². The van der Waals surface area contributed by atoms with E-state index in [4.69, 9.17) is 18.5 Å². The first-order chi connectivity index (χ1) is 17.3. The number of alkyl halides is 1. The molecule has 0 spiro atoms. The second kappa shape index (κ2) is 13.1. The molecule has 1 aromatic carbocycles. The summed E-state index contributed by atoms with van der Waals surface area (Å²) in [4.78, 5) is 37.5. The molecule has 0 saturated carbocycles. The normalized spacial score (nSPS) is 17.3. The van der Waals surface area contributed by atoms with E-state index in [0.717, 1.165) is 19.2 Å². The van der Waals surface area contributed by atoms with Crippen molar-refractivity contribution in [2.75, 3.05) is 13.2 Å². The van der Waals surface area contributed by atoms with Crippen molar-refractivity contribution in [1.29, 1.82) is 0 Å². The number of hydrogen-bond acceptors (Lipinski definition) is 10. The molecule has 0 bridgehead atoms. The van der Waals surface area contributed by atoms with Crippen LogP contribution in [-0.4, -0.2) is 63.1 Å². The number of ether oxygens (including phenoxy) is 2. The number of aromatic amines is 1. The number of nitrogens with zero attached hydrogens (tertiary/aromatic N) is 1. The highest BCUT2D eigenvalue weighted by atomic mass is 31.2. The van der Waals surface area contributed by atoms with E-state index in [1.54, 1.807) is 32.0 Å². The summed E-state index contributed by atoms with van der Waals surface area (Å²) in [5.41, 5.74) is -1.75. The summed E-state index contributed by atoms with van der Waals surface area (Å²) in [6, 6.07) is 7.40. The molecule has 0 aliphatic heterocycles. The fraction of sp³-hybridized carbons (Fsp3) is 0.500. The van der Waals surface area contributed by atoms with Crippen LogP contribution in [0.15, 0.2) is 52.2 Å². The Balaban J connectivity index is 2.31. The van der Waals surface area contributed by atoms with Crippen LogP contribution in [0.4, 0.5) is 4.39 Å². The lowest BCUT2D eigenvalue weighted by molar-refractivity contribution is -0.264. The van der Waals surface area contributed by atoms with Crippen LogP contribution < -0.4 is 20.9 Å². The number of aliphatic hydroxyl groups excluding tert-OH is 2. The molecule has 0 amide bonds. The standard InChI is InChI=1S/C22H31FN3O10P/c1-14(2)34-20(30)15(3)25-37(32,36-17-8-6-5-7-9-17)33-13-22(23,16(4)28)35-19(12-27)26-11-10-18(29)24-21(26)31/h5-11,14-16,19,27-28H,12-13H2,1-4H3,(H,25,32)(H,24,29,31)/t15?,16-,19+,22+,37?/m0/s1. The Hall–Kier alpha value is -2.87. The maximum absolute atomic E-state index is 15.8. The Labute approximate surface area is 211 Å². The molecule has 1 heterocycles. The molecule has 13 nitrogen and oxygen atoms in total. The van der Waals surface area contributed by atoms with Gasteiger partial charge in [-0.05, 0) is 39.8 Å². The van der Waals surface area contributed by atoms with Gasteiger partial charge in [-0.1, -0.05) is 18.2 Å². The van der Waals surface area contributed by atoms with Gasteiger partial charge in [-0.2, -0.15) is 5.09 Å². The lowest BCUT2D eigenvalue weighted by Crippen LogP contribution is -2.48. The second-order valence-electron chi connectivity index (χ2n) is 8.25. The number of H-pyrrole nitrogens is 1. The molecule has 4 N–H and O–H groups in total. The Morgan fingerprint density at radius 2 is 1.84 bits per heavy atom. The molecule has 0 aliphatic rings. The number of rotatable bonds is 14. The first-order valence-electron chi connectivity index (χ1n) is 11.2. The smallest absolute Gasteiger partial charge is 0.459 e. The van der Waals surface area contributed by atoms with E-state index in [-0.39, 0.29) is 5.75 Å². The number of benzene rings is 1. The number of aliphatic hydroxyl groups is 2. The number of nitrogens with one attached hydrogen (secondary N) is 2. The highest BCUT2D eigenvalue weighted by molar-refractivity contribution is 7.52. The number of carbonyl (C=O) groups excluding carboxylic acids is 1. The Bertz CT molecular complexity index is 1190. The minimum Gasteiger partial charge on any atom is -0.462 e. The quantitative estimate of drug-likeness (QED) is 0.197. The number of aromatic nitrogens is 2. The van der Waals surface area contributed by atoms with Gasteiger partial charge in [0.25, 0.3) is 11.4 Å². The van der Waals surface area contributed by atoms with Crippen molar-refractivity contribution in [1.82, 2.24) is 14.6 Å². The molecule has 0 saturated heterocycles. The summed E-state index contributed by atoms with van der Waals surface area (Å²) in [5.74, 6) is -3.88. The monoisotopic (exact) mass is 547 g/mol. The highest BCUT2D eigenvalue weighted by Crippen LogP contribution is 2.46. The van der Waals surface area contributed by atoms with Crippen molar-refractivity contribution in [3.05, 3.63) is 63.4 Å². The van der Waals surface area contributed by atoms with E-state index in [0.29, 0.717) is 4.57 Å². The topological polar surface area (TPSA) is 178 Å². The third-order valence-electron chi connectivity index (χ3n) is 4.73. The van der Waals surface area contributed by atoms with Gasteiger partial charge in [-0.25, -0.2) is 13.8 Å². The second-order valence-corrected chi connectivity index (χ2v) is 9.94. The largest absolute Gasteiger partial charge is 0.462 e. The Morgan fingerprint density at radius 1 is 1.19 bits per heavy atom. The molecule has 0 radical (unpaired) electrons. The van der Waals surface area contributed by atoms with Crippen LogP contribution in [0.2, 0.25) is 0 Å². The van der Waals surface area contributed by atoms with Gasteiger partial charge in [0, 0.05) is 12.3 Å². The van der Waals surface area contributed by atoms with E-state index in [9.17, 15) is 29.2 Å². The van der Waals surface area contributed by atoms with E-state index >= 15 is 4.39 Å². The van der Waals surface area contributed by atoms with Crippen molar-refractivity contribution >= 4 is 13.7 Å². The zero-order valence-corrected chi connectivity index (χ0v) is 21.6. The van der Waals surface area contributed by atoms with Gasteiger partial charge >= 0.3 is 19.4 Å². The lowest BCUT2D eigenvalue weighted by Gasteiger charge is -2.33. The summed E-state index contributed by atoms with van der Waals surface area (Å²) in [6.07, 6.45) is -3.16. The summed E-state index contributed by atoms with van der Waals surface area (Å²) < 4.78 is 50.9. The predicted octanol–water partition coefficient (Wildman–Crippen LogP) is 1.22. The van der Waals surface area contributed by atoms with Gasteiger partial charge in [0.2, 0.25) is 0 Å². The summed E-state index contributed by atoms with van der Waals surface area (Å²) in [5, 5.41) is 22.1. The zero-order valence-electron chi connectivity index (χ0n) is 20.7. The van der Waals surface area contributed by atoms with E-state index < -0.39 is 68.5 Å². The fourth-order valence-electron chi connectivity index (χ4n) is 2.82. The van der Waals surface area contributed by atoms with Gasteiger partial charge in [0.05, 0.1) is 12.7 Å². The van der Waals surface area contributed by atoms with Gasteiger partial charge < -0.3 is 24.2 Å². The van der Waals surface area contributed by atoms with Crippen molar-refractivity contribution in [3.63, 3.8) is 0 Å². The average Bonchev–Trinajstić information content (AvgIpc) is 2.81. The molecule has 2 rings (SSSR count). The highest BCUT2D eigenvalue weighted by Gasteiger charge is 2.44. The van der Waals surface area contributed by atoms with Gasteiger partial charge in [0.15, 0.2) is 6.23 Å². The average molecular weight is 547 g/mol. The number of halogens is 1. The van der Waals surface area contributed by atoms with Gasteiger partial charge in [0.1, 0.15) is 24.5 Å². The zero-order chi connectivity index (χ0) is 27.8. The molecular formula is C22H31FN3O10P. The molecule has 2 aromatic rings. The van der Waals surface area contributed by atoms with Crippen LogP contribution in [0.3, 0.4) is 0 Å². The van der Waals surface area contributed by atoms with E-state index in [1.165, 1.54) is 19.1 Å². The summed E-state index contributed by atoms with van der Waals surface area (Å²) in [6.45, 7) is 3.37. The molecule has 2 unspecified atom stereocenters. The van der Waals surface area contributed by atoms with Crippen molar-refractivity contribution in [3.8, 4) is 5.75 Å². The molecule has 0 aliphatic carbocycles. The molecule has 206 valence electrons. The fourth-order valence-corrected chi connectivity index (χ4v) is 4.33. The van der Waals surface area contributed by atoms with Gasteiger partial charge in [-0.15, -0.1) is 0 Å². The van der Waals surface area contributed by atoms with Gasteiger partial charge in [-0.3, -0.25) is 23.7 Å². The Morgan fingerprint density at radius 3 is 2.38 bits per heavy atom. The molecule has 1 aromatic heterocycles. The lowest BCUT2D eigenvalue weighted by atomic mass is 10.2. The van der Waals surface area contributed by atoms with Crippen LogP contribution in [0.25, 0.3) is 0 Å². The van der Waals surface area contributed by atoms with E-state index in [1.807, 2.05) is 4.98 Å². The molecule has 0 fully saturated rings. The molecular weight excluding hydrogens is 516 g/mol. The summed E-state index contributed by atoms with van der Waals surface area (Å²) in [7, 11) is -4.53. The molecule has 37 heavy (non-hydrogen) atoms. The third-order valence-corrected chi connectivity index (χ3v) is 6.35. The van der Waals surface area contributed by atoms with Crippen molar-refractivity contribution in [2.45, 2.75) is 58.0 Å². The van der Waals surface area contributed by atoms with Crippen LogP contribution in [-0.2, 0) is 23.4 Å². The number of carbonyl (C=O) groups is 1. The summed E-state index contributed by atoms with van der Waals surface area (Å²) >= 11 is 0. The van der Waals surface area contributed by atoms with Crippen LogP contribution in [0.5, 0.6) is 5.75 Å². The Kier molecular flexibility index (Phi) is 10.7. The van der Waals surface area contributed by atoms with E-state index in [2.05, 4.69) is 5.09 Å². The maximum atomic E-state index is 15.8. The SMILES string of the molecule is CC(C)OC(=O)C(C)NP(=O)(OC[C@@](F)(O[C@H](CO)n1ccc(=O)[nH]c1=O)[C@H](C)O)Oc1ccccc1. The maximum Gasteiger partial charge on any atom is 0.459 e. The number of hydrogen-bond donors (Lipinski definition) is 4. The minimum absolute atomic E-state index is 0.0539. The number of esters is 1. The third kappa shape index (κ3) is 8.88. The predicted molar refractivity (Wildman–Crippen MR) is 129 cm³/mol. The molecule has 15 heteroatoms. The number of para-hydroxylation sites is 1. The van der Waals surface area contributed by atoms with Crippen molar-refractivity contribution < 1.29 is 42.5 Å². The van der Waals surface area contributed by atoms with Crippen LogP contribution in [0, 0.1) is 0 Å². The van der Waals surface area contributed by atoms with Crippen molar-refractivity contribution in [2.24, 2.45) is 0 Å². The molecule has 5 atom stereocenters.